The number of aldehydes is 1. The number of ether oxygens (including phenoxy) is 4. The van der Waals surface area contributed by atoms with E-state index in [1.807, 2.05) is 57.3 Å². The summed E-state index contributed by atoms with van der Waals surface area (Å²) < 4.78 is 160. The second kappa shape index (κ2) is 51.5. The van der Waals surface area contributed by atoms with E-state index in [-0.39, 0.29) is 36.2 Å². The number of nitriles is 1. The molecule has 0 heterocycles. The van der Waals surface area contributed by atoms with E-state index < -0.39 is 42.0 Å². The van der Waals surface area contributed by atoms with Crippen molar-refractivity contribution in [3.8, 4) is 6.07 Å². The highest BCUT2D eigenvalue weighted by atomic mass is 32.2. The molecule has 0 fully saturated rings. The van der Waals surface area contributed by atoms with Gasteiger partial charge in [0, 0.05) is 31.3 Å². The summed E-state index contributed by atoms with van der Waals surface area (Å²) in [6.45, 7) is 27.8. The number of alkyl halides is 13. The Labute approximate surface area is 360 Å². The van der Waals surface area contributed by atoms with Gasteiger partial charge >= 0.3 is 24.4 Å². The molecule has 0 aromatic rings. The molecule has 0 aliphatic heterocycles. The summed E-state index contributed by atoms with van der Waals surface area (Å²) >= 11 is 3.75. The average Bonchev–Trinajstić information content (AvgIpc) is 3.04. The first-order valence-corrected chi connectivity index (χ1v) is 21.4. The molecule has 0 unspecified atom stereocenters. The van der Waals surface area contributed by atoms with Crippen molar-refractivity contribution in [2.45, 2.75) is 170 Å². The van der Waals surface area contributed by atoms with Crippen molar-refractivity contribution in [1.82, 2.24) is 0 Å². The minimum atomic E-state index is -4.48. The number of rotatable bonds is 8. The lowest BCUT2D eigenvalue weighted by Crippen LogP contribution is -2.23. The van der Waals surface area contributed by atoms with Crippen LogP contribution in [0.4, 0.5) is 57.1 Å². The van der Waals surface area contributed by atoms with E-state index in [0.29, 0.717) is 6.10 Å². The first kappa shape index (κ1) is 81.9. The van der Waals surface area contributed by atoms with Gasteiger partial charge in [0.2, 0.25) is 0 Å². The summed E-state index contributed by atoms with van der Waals surface area (Å²) in [5.74, 6) is 0.225. The Morgan fingerprint density at radius 2 is 0.966 bits per heavy atom. The number of hydrogen-bond acceptors (Lipinski definition) is 9. The molecule has 0 bridgehead atoms. The molecule has 0 saturated carbocycles. The van der Waals surface area contributed by atoms with Crippen molar-refractivity contribution in [3.63, 3.8) is 0 Å². The normalized spacial score (nSPS) is 10.8. The Bertz CT molecular complexity index is 807. The van der Waals surface area contributed by atoms with Gasteiger partial charge in [-0.15, -0.1) is 26.3 Å². The van der Waals surface area contributed by atoms with Gasteiger partial charge in [-0.3, -0.25) is 13.9 Å². The number of carbonyl (C=O) groups is 1. The molecule has 0 N–H and O–H groups in total. The van der Waals surface area contributed by atoms with Gasteiger partial charge in [-0.25, -0.2) is 0 Å². The number of hydrogen-bond donors (Lipinski definition) is 0. The molecule has 0 aromatic carbocycles. The molecule has 0 radical (unpaired) electrons. The predicted octanol–water partition coefficient (Wildman–Crippen LogP) is 15.2. The maximum atomic E-state index is 11.3. The lowest BCUT2D eigenvalue weighted by atomic mass is 10.2. The van der Waals surface area contributed by atoms with Crippen LogP contribution in [0.2, 0.25) is 0 Å². The molecule has 59 heavy (non-hydrogen) atoms. The van der Waals surface area contributed by atoms with Gasteiger partial charge in [-0.05, 0) is 105 Å². The van der Waals surface area contributed by atoms with Crippen LogP contribution in [0.25, 0.3) is 0 Å². The van der Waals surface area contributed by atoms with Crippen LogP contribution < -0.4 is 0 Å². The summed E-state index contributed by atoms with van der Waals surface area (Å²) in [5, 5.41) is 8.33. The van der Waals surface area contributed by atoms with Gasteiger partial charge in [0.05, 0.1) is 31.6 Å². The molecule has 0 spiro atoms. The SMILES string of the molecule is CC(C)C#N.CC(C)C(F)(F)F.CC(C)OC(F)(F)F.CC(C)SC(F)(F)F.CCF.CCOC(F)(F)F.CCSC.COC(C)(C)C=O.COC(C)C.CSC(C)C. The zero-order chi connectivity index (χ0) is 50.4. The van der Waals surface area contributed by atoms with Crippen LogP contribution in [-0.4, -0.2) is 105 Å². The summed E-state index contributed by atoms with van der Waals surface area (Å²) in [7, 11) is 3.21. The fourth-order valence-corrected chi connectivity index (χ4v) is 1.28. The standard InChI is InChI=1S/C5H10O2.C4H7F3O.C4H7F3S.C4H7F3.C4H7N.C4H10O.C4H10S.C3H5F3O.C3H8S.C2H5F/c1-5(2,4-6)7-3;2*1-3(2)8-4(5,6)7;1-3(2)4(5,6)7;1-4(2)3-5;2*1-4(2)5-3;1-2-7-3(4,5)6;1-3-4-2;1-2-3/h4H,1-3H3;2*3H,1-2H3;3H,1-2H3;4H,1-2H3;2*4H,1-3H3;2H2,1H3;3H2,1-2H3;2H2,1H3. The van der Waals surface area contributed by atoms with Gasteiger partial charge in [0.15, 0.2) is 6.29 Å². The van der Waals surface area contributed by atoms with Crippen LogP contribution in [0, 0.1) is 23.2 Å². The van der Waals surface area contributed by atoms with E-state index in [0.717, 1.165) is 25.4 Å². The molecule has 0 rings (SSSR count). The van der Waals surface area contributed by atoms with Crippen LogP contribution in [0.3, 0.4) is 0 Å². The number of thioether (sulfide) groups is 3. The summed E-state index contributed by atoms with van der Waals surface area (Å²) in [5.41, 5.74) is -4.66. The van der Waals surface area contributed by atoms with Gasteiger partial charge in [-0.2, -0.15) is 55.1 Å². The topological polar surface area (TPSA) is 77.8 Å². The van der Waals surface area contributed by atoms with Gasteiger partial charge in [0.25, 0.3) is 0 Å². The largest absolute Gasteiger partial charge is 0.522 e. The highest BCUT2D eigenvalue weighted by Gasteiger charge is 2.32. The van der Waals surface area contributed by atoms with E-state index in [1.54, 1.807) is 21.0 Å². The van der Waals surface area contributed by atoms with Crippen molar-refractivity contribution >= 4 is 41.6 Å². The summed E-state index contributed by atoms with van der Waals surface area (Å²) in [6, 6.07) is 2.03. The molecule has 0 atom stereocenters. The lowest BCUT2D eigenvalue weighted by Gasteiger charge is -2.12. The summed E-state index contributed by atoms with van der Waals surface area (Å²) in [4.78, 5) is 9.93. The average molecular weight is 958 g/mol. The quantitative estimate of drug-likeness (QED) is 0.175. The van der Waals surface area contributed by atoms with Crippen LogP contribution in [0.5, 0.6) is 0 Å². The van der Waals surface area contributed by atoms with Crippen LogP contribution in [0.15, 0.2) is 0 Å². The van der Waals surface area contributed by atoms with E-state index in [4.69, 9.17) is 14.7 Å². The Kier molecular flexibility index (Phi) is 71.5. The Hall–Kier alpha value is -0.860. The highest BCUT2D eigenvalue weighted by molar-refractivity contribution is 8.00. The van der Waals surface area contributed by atoms with Gasteiger partial charge in [-0.1, -0.05) is 48.5 Å². The van der Waals surface area contributed by atoms with E-state index in [1.165, 1.54) is 54.4 Å². The Morgan fingerprint density at radius 1 is 0.678 bits per heavy atom. The lowest BCUT2D eigenvalue weighted by molar-refractivity contribution is -0.338. The monoisotopic (exact) mass is 957 g/mol. The van der Waals surface area contributed by atoms with E-state index >= 15 is 0 Å². The molecule has 6 nitrogen and oxygen atoms in total. The van der Waals surface area contributed by atoms with Gasteiger partial charge < -0.3 is 14.3 Å². The zero-order valence-corrected chi connectivity index (χ0v) is 41.2. The third-order valence-corrected chi connectivity index (χ3v) is 6.26. The Balaban J connectivity index is -0.0000000572. The summed E-state index contributed by atoms with van der Waals surface area (Å²) in [6.07, 6.45) is -8.34. The van der Waals surface area contributed by atoms with Crippen molar-refractivity contribution in [2.75, 3.05) is 45.8 Å². The fraction of sp³-hybridized carbons (Fsp3) is 0.946. The minimum Gasteiger partial charge on any atom is -0.382 e. The second-order valence-electron chi connectivity index (χ2n) is 12.4. The highest BCUT2D eigenvalue weighted by Crippen LogP contribution is 2.33. The maximum absolute atomic E-state index is 11.3. The van der Waals surface area contributed by atoms with E-state index in [9.17, 15) is 61.9 Å². The second-order valence-corrected chi connectivity index (χ2v) is 16.6. The maximum Gasteiger partial charge on any atom is 0.522 e. The fourth-order valence-electron chi connectivity index (χ4n) is 0.746. The molecule has 0 aromatic heterocycles. The minimum absolute atomic E-state index is 0.0116. The molecule has 0 aliphatic rings. The van der Waals surface area contributed by atoms with Crippen molar-refractivity contribution < 1.29 is 80.8 Å². The van der Waals surface area contributed by atoms with Crippen molar-refractivity contribution in [3.05, 3.63) is 0 Å². The molecular weight excluding hydrogens is 882 g/mol. The Morgan fingerprint density at radius 3 is 0.966 bits per heavy atom. The molecule has 368 valence electrons. The van der Waals surface area contributed by atoms with Crippen LogP contribution in [0.1, 0.15) is 118 Å². The number of methoxy groups -OCH3 is 2. The smallest absolute Gasteiger partial charge is 0.382 e. The first-order valence-electron chi connectivity index (χ1n) is 17.9. The van der Waals surface area contributed by atoms with E-state index in [2.05, 4.69) is 42.8 Å². The molecule has 0 aliphatic carbocycles. The molecular formula is C37H76F13NO5S3. The molecule has 0 amide bonds. The molecule has 0 saturated heterocycles. The van der Waals surface area contributed by atoms with Crippen molar-refractivity contribution in [2.24, 2.45) is 11.8 Å². The first-order chi connectivity index (χ1) is 26.1. The molecule has 22 heteroatoms. The zero-order valence-electron chi connectivity index (χ0n) is 38.8. The third kappa shape index (κ3) is 168. The van der Waals surface area contributed by atoms with Crippen LogP contribution in [-0.2, 0) is 23.7 Å². The number of halogens is 13. The van der Waals surface area contributed by atoms with Crippen molar-refractivity contribution in [1.29, 1.82) is 5.26 Å². The van der Waals surface area contributed by atoms with Crippen LogP contribution >= 0.6 is 35.3 Å². The van der Waals surface area contributed by atoms with Gasteiger partial charge in [0.1, 0.15) is 5.60 Å². The predicted molar refractivity (Wildman–Crippen MR) is 224 cm³/mol. The third-order valence-electron chi connectivity index (χ3n) is 4.00. The number of nitrogens with zero attached hydrogens (tertiary/aromatic N) is 1. The number of carbonyl (C=O) groups excluding carboxylic acids is 1.